The van der Waals surface area contributed by atoms with E-state index in [0.29, 0.717) is 0 Å². The molecule has 3 unspecified atom stereocenters. The maximum Gasteiger partial charge on any atom is 0.192 e. The molecular formula is C25H54NO2+. The van der Waals surface area contributed by atoms with E-state index in [-0.39, 0.29) is 12.3 Å². The largest absolute Gasteiger partial charge is 0.391 e. The third-order valence-corrected chi connectivity index (χ3v) is 6.27. The van der Waals surface area contributed by atoms with Gasteiger partial charge in [-0.1, -0.05) is 90.9 Å². The average molecular weight is 401 g/mol. The standard InChI is InChI=1S/C25H54NO2/c1-7-9-10-11-12-13-14-15-16-17-18-19-20-21-22-26(5,6)25(8-2)28-24(4)23(3)27/h23-25,27H,7-22H2,1-6H3/q+1. The molecule has 0 bridgehead atoms. The zero-order chi connectivity index (χ0) is 21.3. The minimum Gasteiger partial charge on any atom is -0.391 e. The molecule has 0 aliphatic heterocycles. The molecule has 1 N–H and O–H groups in total. The summed E-state index contributed by atoms with van der Waals surface area (Å²) in [5.74, 6) is 0. The Morgan fingerprint density at radius 2 is 1.07 bits per heavy atom. The average Bonchev–Trinajstić information content (AvgIpc) is 2.65. The van der Waals surface area contributed by atoms with Crippen LogP contribution in [0.2, 0.25) is 0 Å². The molecule has 0 aromatic rings. The number of nitrogens with zero attached hydrogens (tertiary/aromatic N) is 1. The molecule has 3 heteroatoms. The normalized spacial score (nSPS) is 15.5. The number of hydrogen-bond acceptors (Lipinski definition) is 2. The molecule has 0 fully saturated rings. The van der Waals surface area contributed by atoms with E-state index in [1.807, 2.05) is 13.8 Å². The van der Waals surface area contributed by atoms with E-state index >= 15 is 0 Å². The number of quaternary nitrogens is 1. The zero-order valence-corrected chi connectivity index (χ0v) is 20.3. The van der Waals surface area contributed by atoms with E-state index in [1.165, 1.54) is 89.9 Å². The van der Waals surface area contributed by atoms with Gasteiger partial charge in [-0.15, -0.1) is 0 Å². The minimum atomic E-state index is -0.407. The van der Waals surface area contributed by atoms with Crippen LogP contribution in [0.25, 0.3) is 0 Å². The van der Waals surface area contributed by atoms with Crippen molar-refractivity contribution >= 4 is 0 Å². The summed E-state index contributed by atoms with van der Waals surface area (Å²) in [6, 6.07) is 0. The molecule has 0 saturated carbocycles. The predicted octanol–water partition coefficient (Wildman–Crippen LogP) is 7.07. The summed E-state index contributed by atoms with van der Waals surface area (Å²) in [6.45, 7) is 9.41. The first-order chi connectivity index (χ1) is 13.3. The van der Waals surface area contributed by atoms with Crippen LogP contribution >= 0.6 is 0 Å². The Hall–Kier alpha value is -0.120. The van der Waals surface area contributed by atoms with Crippen LogP contribution in [0, 0.1) is 0 Å². The van der Waals surface area contributed by atoms with Crippen LogP contribution < -0.4 is 0 Å². The smallest absolute Gasteiger partial charge is 0.192 e. The molecule has 3 nitrogen and oxygen atoms in total. The van der Waals surface area contributed by atoms with Crippen LogP contribution in [0.3, 0.4) is 0 Å². The van der Waals surface area contributed by atoms with Crippen molar-refractivity contribution in [3.8, 4) is 0 Å². The van der Waals surface area contributed by atoms with E-state index < -0.39 is 6.10 Å². The molecule has 0 spiro atoms. The van der Waals surface area contributed by atoms with Gasteiger partial charge in [0.25, 0.3) is 0 Å². The van der Waals surface area contributed by atoms with Crippen molar-refractivity contribution in [2.75, 3.05) is 20.6 Å². The van der Waals surface area contributed by atoms with Gasteiger partial charge in [0, 0.05) is 6.42 Å². The van der Waals surface area contributed by atoms with Crippen molar-refractivity contribution in [3.63, 3.8) is 0 Å². The van der Waals surface area contributed by atoms with Crippen LogP contribution in [0.4, 0.5) is 0 Å². The maximum absolute atomic E-state index is 9.71. The number of rotatable bonds is 20. The van der Waals surface area contributed by atoms with Gasteiger partial charge in [0.05, 0.1) is 32.8 Å². The highest BCUT2D eigenvalue weighted by molar-refractivity contribution is 4.59. The highest BCUT2D eigenvalue weighted by atomic mass is 16.5. The quantitative estimate of drug-likeness (QED) is 0.135. The molecular weight excluding hydrogens is 346 g/mol. The third-order valence-electron chi connectivity index (χ3n) is 6.27. The van der Waals surface area contributed by atoms with Crippen LogP contribution in [-0.2, 0) is 4.74 Å². The summed E-state index contributed by atoms with van der Waals surface area (Å²) < 4.78 is 7.01. The second-order valence-electron chi connectivity index (χ2n) is 9.54. The monoisotopic (exact) mass is 400 g/mol. The molecule has 0 aromatic heterocycles. The lowest BCUT2D eigenvalue weighted by atomic mass is 10.0. The fraction of sp³-hybridized carbons (Fsp3) is 1.00. The molecule has 28 heavy (non-hydrogen) atoms. The van der Waals surface area contributed by atoms with E-state index in [0.717, 1.165) is 17.4 Å². The summed E-state index contributed by atoms with van der Waals surface area (Å²) in [7, 11) is 4.54. The predicted molar refractivity (Wildman–Crippen MR) is 124 cm³/mol. The fourth-order valence-corrected chi connectivity index (χ4v) is 3.97. The molecule has 0 aliphatic rings. The van der Waals surface area contributed by atoms with E-state index in [9.17, 15) is 5.11 Å². The van der Waals surface area contributed by atoms with Crippen molar-refractivity contribution in [2.24, 2.45) is 0 Å². The first kappa shape index (κ1) is 27.9. The van der Waals surface area contributed by atoms with Gasteiger partial charge >= 0.3 is 0 Å². The fourth-order valence-electron chi connectivity index (χ4n) is 3.97. The molecule has 0 rings (SSSR count). The SMILES string of the molecule is CCCCCCCCCCCCCCCC[N+](C)(C)C(CC)OC(C)C(C)O. The first-order valence-electron chi connectivity index (χ1n) is 12.5. The topological polar surface area (TPSA) is 29.5 Å². The van der Waals surface area contributed by atoms with Gasteiger partial charge in [0.15, 0.2) is 6.23 Å². The number of unbranched alkanes of at least 4 members (excludes halogenated alkanes) is 13. The Bertz CT molecular complexity index is 331. The second kappa shape index (κ2) is 17.7. The van der Waals surface area contributed by atoms with Crippen molar-refractivity contribution < 1.29 is 14.3 Å². The van der Waals surface area contributed by atoms with Gasteiger partial charge in [0.2, 0.25) is 0 Å². The Balaban J connectivity index is 3.62. The molecule has 0 heterocycles. The van der Waals surface area contributed by atoms with E-state index in [1.54, 1.807) is 0 Å². The molecule has 0 aromatic carbocycles. The van der Waals surface area contributed by atoms with Crippen molar-refractivity contribution in [2.45, 2.75) is 142 Å². The number of hydrogen-bond donors (Lipinski definition) is 1. The summed E-state index contributed by atoms with van der Waals surface area (Å²) >= 11 is 0. The van der Waals surface area contributed by atoms with Gasteiger partial charge in [-0.05, 0) is 26.7 Å². The number of ether oxygens (including phenoxy) is 1. The summed E-state index contributed by atoms with van der Waals surface area (Å²) in [4.78, 5) is 0. The van der Waals surface area contributed by atoms with Crippen molar-refractivity contribution in [3.05, 3.63) is 0 Å². The lowest BCUT2D eigenvalue weighted by molar-refractivity contribution is -0.939. The second-order valence-corrected chi connectivity index (χ2v) is 9.54. The molecule has 3 atom stereocenters. The van der Waals surface area contributed by atoms with E-state index in [2.05, 4.69) is 27.9 Å². The summed E-state index contributed by atoms with van der Waals surface area (Å²) in [5, 5.41) is 9.71. The first-order valence-corrected chi connectivity index (χ1v) is 12.5. The number of aliphatic hydroxyl groups is 1. The lowest BCUT2D eigenvalue weighted by Gasteiger charge is -2.39. The van der Waals surface area contributed by atoms with Crippen molar-refractivity contribution in [1.29, 1.82) is 0 Å². The Labute approximate surface area is 177 Å². The summed E-state index contributed by atoms with van der Waals surface area (Å²) in [6.07, 6.45) is 20.3. The molecule has 0 saturated heterocycles. The summed E-state index contributed by atoms with van der Waals surface area (Å²) in [5.41, 5.74) is 0. The lowest BCUT2D eigenvalue weighted by Crippen LogP contribution is -2.52. The molecule has 0 aliphatic carbocycles. The zero-order valence-electron chi connectivity index (χ0n) is 20.3. The van der Waals surface area contributed by atoms with Gasteiger partial charge in [-0.25, -0.2) is 0 Å². The highest BCUT2D eigenvalue weighted by Gasteiger charge is 2.29. The van der Waals surface area contributed by atoms with Crippen LogP contribution in [-0.4, -0.2) is 48.7 Å². The molecule has 0 radical (unpaired) electrons. The minimum absolute atomic E-state index is 0.0984. The van der Waals surface area contributed by atoms with Gasteiger partial charge in [-0.2, -0.15) is 0 Å². The molecule has 170 valence electrons. The van der Waals surface area contributed by atoms with Crippen LogP contribution in [0.15, 0.2) is 0 Å². The molecule has 0 amide bonds. The van der Waals surface area contributed by atoms with E-state index in [4.69, 9.17) is 4.74 Å². The Morgan fingerprint density at radius 3 is 1.43 bits per heavy atom. The van der Waals surface area contributed by atoms with Gasteiger partial charge in [-0.3, -0.25) is 0 Å². The number of aliphatic hydroxyl groups excluding tert-OH is 1. The van der Waals surface area contributed by atoms with Crippen LogP contribution in [0.5, 0.6) is 0 Å². The van der Waals surface area contributed by atoms with Gasteiger partial charge in [0.1, 0.15) is 0 Å². The maximum atomic E-state index is 9.71. The van der Waals surface area contributed by atoms with Crippen LogP contribution in [0.1, 0.15) is 124 Å². The van der Waals surface area contributed by atoms with Crippen molar-refractivity contribution in [1.82, 2.24) is 0 Å². The third kappa shape index (κ3) is 14.8. The Kier molecular flexibility index (Phi) is 17.6. The highest BCUT2D eigenvalue weighted by Crippen LogP contribution is 2.18. The Morgan fingerprint density at radius 1 is 0.679 bits per heavy atom. The van der Waals surface area contributed by atoms with Gasteiger partial charge < -0.3 is 14.3 Å².